The number of carbonyl (C=O) groups excluding carboxylic acids is 1. The van der Waals surface area contributed by atoms with Crippen LogP contribution in [-0.2, 0) is 14.8 Å². The van der Waals surface area contributed by atoms with E-state index in [0.717, 1.165) is 5.56 Å². The number of carbonyl (C=O) groups is 1. The van der Waals surface area contributed by atoms with Crippen LogP contribution in [0.25, 0.3) is 10.6 Å². The van der Waals surface area contributed by atoms with Gasteiger partial charge >= 0.3 is 0 Å². The maximum atomic E-state index is 12.7. The number of nitrogens with zero attached hydrogens (tertiary/aromatic N) is 3. The lowest BCUT2D eigenvalue weighted by atomic mass is 9.99. The van der Waals surface area contributed by atoms with Gasteiger partial charge in [0, 0.05) is 23.7 Å². The highest BCUT2D eigenvalue weighted by atomic mass is 35.5. The summed E-state index contributed by atoms with van der Waals surface area (Å²) in [4.78, 5) is 12.7. The third kappa shape index (κ3) is 4.51. The van der Waals surface area contributed by atoms with E-state index in [-0.39, 0.29) is 12.5 Å². The number of rotatable bonds is 5. The minimum Gasteiger partial charge on any atom is -0.300 e. The van der Waals surface area contributed by atoms with Crippen molar-refractivity contribution < 1.29 is 13.2 Å². The lowest BCUT2D eigenvalue weighted by Crippen LogP contribution is -2.43. The van der Waals surface area contributed by atoms with Gasteiger partial charge in [-0.15, -0.1) is 21.5 Å². The second-order valence-electron chi connectivity index (χ2n) is 6.54. The number of hydrogen-bond donors (Lipinski definition) is 1. The van der Waals surface area contributed by atoms with Gasteiger partial charge in [0.25, 0.3) is 10.0 Å². The highest BCUT2D eigenvalue weighted by Crippen LogP contribution is 2.29. The molecule has 0 saturated carbocycles. The molecule has 1 atom stereocenters. The lowest BCUT2D eigenvalue weighted by molar-refractivity contribution is -0.120. The molecule has 11 heteroatoms. The van der Waals surface area contributed by atoms with Crippen molar-refractivity contribution in [3.8, 4) is 10.6 Å². The van der Waals surface area contributed by atoms with Crippen LogP contribution in [0.4, 0.5) is 5.13 Å². The van der Waals surface area contributed by atoms with E-state index >= 15 is 0 Å². The SMILES string of the molecule is O=C(Nc1nnc(-c2ccc(Cl)cc2)s1)[C@@H]1CCCN(S(=O)(=O)c2cccs2)C1. The smallest absolute Gasteiger partial charge is 0.252 e. The predicted octanol–water partition coefficient (Wildman–Crippen LogP) is 3.96. The highest BCUT2D eigenvalue weighted by molar-refractivity contribution is 7.91. The van der Waals surface area contributed by atoms with Crippen molar-refractivity contribution in [3.63, 3.8) is 0 Å². The van der Waals surface area contributed by atoms with Crippen LogP contribution in [-0.4, -0.2) is 41.9 Å². The first kappa shape index (κ1) is 20.4. The molecule has 4 rings (SSSR count). The molecule has 3 heterocycles. The largest absolute Gasteiger partial charge is 0.300 e. The molecule has 0 bridgehead atoms. The van der Waals surface area contributed by atoms with Gasteiger partial charge in [-0.1, -0.05) is 41.1 Å². The van der Waals surface area contributed by atoms with Gasteiger partial charge in [0.1, 0.15) is 9.22 Å². The van der Waals surface area contributed by atoms with Gasteiger partial charge in [-0.25, -0.2) is 8.42 Å². The Balaban J connectivity index is 1.43. The molecule has 1 aliphatic rings. The summed E-state index contributed by atoms with van der Waals surface area (Å²) in [5.74, 6) is -0.670. The molecule has 2 aromatic heterocycles. The van der Waals surface area contributed by atoms with Crippen molar-refractivity contribution in [1.29, 1.82) is 0 Å². The fraction of sp³-hybridized carbons (Fsp3) is 0.278. The average Bonchev–Trinajstić information content (AvgIpc) is 3.41. The molecule has 0 aliphatic carbocycles. The van der Waals surface area contributed by atoms with Gasteiger partial charge in [-0.3, -0.25) is 4.79 Å². The van der Waals surface area contributed by atoms with E-state index in [2.05, 4.69) is 15.5 Å². The van der Waals surface area contributed by atoms with Crippen LogP contribution < -0.4 is 5.32 Å². The van der Waals surface area contributed by atoms with Crippen molar-refractivity contribution >= 4 is 55.3 Å². The minimum atomic E-state index is -3.56. The molecule has 7 nitrogen and oxygen atoms in total. The van der Waals surface area contributed by atoms with Crippen LogP contribution >= 0.6 is 34.3 Å². The first-order valence-corrected chi connectivity index (χ1v) is 12.4. The van der Waals surface area contributed by atoms with Gasteiger partial charge in [0.15, 0.2) is 0 Å². The van der Waals surface area contributed by atoms with E-state index in [9.17, 15) is 13.2 Å². The van der Waals surface area contributed by atoms with Crippen LogP contribution in [0.5, 0.6) is 0 Å². The summed E-state index contributed by atoms with van der Waals surface area (Å²) in [6.07, 6.45) is 1.26. The van der Waals surface area contributed by atoms with Crippen LogP contribution in [0.3, 0.4) is 0 Å². The minimum absolute atomic E-state index is 0.162. The number of aromatic nitrogens is 2. The standard InChI is InChI=1S/C18H17ClN4O3S3/c19-14-7-5-12(6-8-14)17-21-22-18(28-17)20-16(24)13-3-1-9-23(11-13)29(25,26)15-4-2-10-27-15/h2,4-8,10,13H,1,3,9,11H2,(H,20,22,24)/t13-/m1/s1. The Kier molecular flexibility index (Phi) is 5.98. The van der Waals surface area contributed by atoms with E-state index in [0.29, 0.717) is 38.8 Å². The second kappa shape index (κ2) is 8.49. The van der Waals surface area contributed by atoms with Crippen molar-refractivity contribution in [2.24, 2.45) is 5.92 Å². The zero-order valence-electron chi connectivity index (χ0n) is 15.1. The number of thiophene rings is 1. The molecule has 0 radical (unpaired) electrons. The first-order valence-electron chi connectivity index (χ1n) is 8.87. The average molecular weight is 469 g/mol. The Morgan fingerprint density at radius 3 is 2.72 bits per heavy atom. The summed E-state index contributed by atoms with van der Waals surface area (Å²) >= 11 is 8.34. The van der Waals surface area contributed by atoms with Crippen molar-refractivity contribution in [2.75, 3.05) is 18.4 Å². The van der Waals surface area contributed by atoms with Gasteiger partial charge in [0.2, 0.25) is 11.0 Å². The van der Waals surface area contributed by atoms with Gasteiger partial charge in [-0.2, -0.15) is 4.31 Å². The van der Waals surface area contributed by atoms with Crippen LogP contribution in [0.2, 0.25) is 5.02 Å². The zero-order chi connectivity index (χ0) is 20.4. The number of sulfonamides is 1. The molecule has 152 valence electrons. The molecule has 1 aromatic carbocycles. The number of hydrogen-bond acceptors (Lipinski definition) is 7. The molecule has 1 fully saturated rings. The van der Waals surface area contributed by atoms with Crippen LogP contribution in [0.15, 0.2) is 46.0 Å². The molecule has 0 unspecified atom stereocenters. The van der Waals surface area contributed by atoms with Crippen LogP contribution in [0, 0.1) is 5.92 Å². The predicted molar refractivity (Wildman–Crippen MR) is 115 cm³/mol. The maximum absolute atomic E-state index is 12.7. The molecular weight excluding hydrogens is 452 g/mol. The summed E-state index contributed by atoms with van der Waals surface area (Å²) in [7, 11) is -3.56. The molecular formula is C18H17ClN4O3S3. The Bertz CT molecular complexity index is 1100. The molecule has 3 aromatic rings. The number of piperidine rings is 1. The van der Waals surface area contributed by atoms with Crippen molar-refractivity contribution in [3.05, 3.63) is 46.8 Å². The monoisotopic (exact) mass is 468 g/mol. The molecule has 0 spiro atoms. The van der Waals surface area contributed by atoms with Crippen LogP contribution in [0.1, 0.15) is 12.8 Å². The highest BCUT2D eigenvalue weighted by Gasteiger charge is 2.34. The Hall–Kier alpha value is -1.85. The van der Waals surface area contributed by atoms with Gasteiger partial charge in [-0.05, 0) is 36.4 Å². The first-order chi connectivity index (χ1) is 13.9. The van der Waals surface area contributed by atoms with E-state index < -0.39 is 15.9 Å². The Morgan fingerprint density at radius 2 is 2.00 bits per heavy atom. The summed E-state index contributed by atoms with van der Waals surface area (Å²) < 4.78 is 27.2. The van der Waals surface area contributed by atoms with E-state index in [4.69, 9.17) is 11.6 Å². The summed E-state index contributed by atoms with van der Waals surface area (Å²) in [5.41, 5.74) is 0.860. The third-order valence-corrected chi connectivity index (χ3v) is 8.97. The molecule has 1 N–H and O–H groups in total. The number of benzene rings is 1. The Morgan fingerprint density at radius 1 is 1.21 bits per heavy atom. The topological polar surface area (TPSA) is 92.3 Å². The fourth-order valence-corrected chi connectivity index (χ4v) is 6.65. The molecule has 1 saturated heterocycles. The summed E-state index contributed by atoms with van der Waals surface area (Å²) in [6, 6.07) is 10.5. The maximum Gasteiger partial charge on any atom is 0.252 e. The summed E-state index contributed by atoms with van der Waals surface area (Å²) in [6.45, 7) is 0.582. The van der Waals surface area contributed by atoms with Crippen molar-refractivity contribution in [2.45, 2.75) is 17.1 Å². The summed E-state index contributed by atoms with van der Waals surface area (Å²) in [5, 5.41) is 14.3. The zero-order valence-corrected chi connectivity index (χ0v) is 18.3. The van der Waals surface area contributed by atoms with Gasteiger partial charge < -0.3 is 5.32 Å². The third-order valence-electron chi connectivity index (χ3n) is 4.59. The Labute approximate surface area is 181 Å². The number of nitrogens with one attached hydrogen (secondary N) is 1. The molecule has 1 amide bonds. The molecule has 29 heavy (non-hydrogen) atoms. The molecule has 1 aliphatic heterocycles. The number of halogens is 1. The van der Waals surface area contributed by atoms with Crippen molar-refractivity contribution in [1.82, 2.24) is 14.5 Å². The number of anilines is 1. The van der Waals surface area contributed by atoms with E-state index in [1.165, 1.54) is 27.0 Å². The lowest BCUT2D eigenvalue weighted by Gasteiger charge is -2.30. The van der Waals surface area contributed by atoms with E-state index in [1.54, 1.807) is 29.6 Å². The quantitative estimate of drug-likeness (QED) is 0.611. The van der Waals surface area contributed by atoms with E-state index in [1.807, 2.05) is 12.1 Å². The second-order valence-corrected chi connectivity index (χ2v) is 11.1. The fourth-order valence-electron chi connectivity index (χ4n) is 3.10. The number of amides is 1. The van der Waals surface area contributed by atoms with Gasteiger partial charge in [0.05, 0.1) is 5.92 Å². The normalized spacial score (nSPS) is 17.9.